The molecular weight excluding hydrogens is 236 g/mol. The van der Waals surface area contributed by atoms with Crippen LogP contribution < -0.4 is 5.73 Å². The number of fused-ring (bicyclic) bond motifs is 1. The highest BCUT2D eigenvalue weighted by molar-refractivity contribution is 5.65. The fourth-order valence-electron chi connectivity index (χ4n) is 2.30. The van der Waals surface area contributed by atoms with Gasteiger partial charge >= 0.3 is 0 Å². The van der Waals surface area contributed by atoms with E-state index in [4.69, 9.17) is 15.6 Å². The summed E-state index contributed by atoms with van der Waals surface area (Å²) in [6, 6.07) is 3.66. The molecule has 0 aliphatic carbocycles. The summed E-state index contributed by atoms with van der Waals surface area (Å²) in [5.41, 5.74) is 7.25. The van der Waals surface area contributed by atoms with Crippen LogP contribution in [0.25, 0.3) is 5.52 Å². The third-order valence-corrected chi connectivity index (χ3v) is 3.24. The van der Waals surface area contributed by atoms with Gasteiger partial charge < -0.3 is 20.7 Å². The van der Waals surface area contributed by atoms with E-state index in [9.17, 15) is 5.11 Å². The Morgan fingerprint density at radius 1 is 1.50 bits per heavy atom. The van der Waals surface area contributed by atoms with E-state index in [2.05, 4.69) is 10.1 Å². The van der Waals surface area contributed by atoms with Crippen LogP contribution in [0.3, 0.4) is 0 Å². The van der Waals surface area contributed by atoms with Crippen LogP contribution in [-0.2, 0) is 4.74 Å². The van der Waals surface area contributed by atoms with Crippen LogP contribution in [0.5, 0.6) is 0 Å². The van der Waals surface area contributed by atoms with Crippen molar-refractivity contribution in [1.82, 2.24) is 14.6 Å². The number of nitrogen functional groups attached to an aromatic ring is 1. The highest BCUT2D eigenvalue weighted by atomic mass is 16.5. The average Bonchev–Trinajstić information content (AvgIpc) is 2.93. The number of aliphatic hydroxyl groups excluding tert-OH is 2. The predicted octanol–water partition coefficient (Wildman–Crippen LogP) is -0.505. The molecule has 1 fully saturated rings. The van der Waals surface area contributed by atoms with Gasteiger partial charge in [-0.1, -0.05) is 0 Å². The third-order valence-electron chi connectivity index (χ3n) is 3.24. The number of rotatable bonds is 2. The molecule has 96 valence electrons. The molecule has 1 aliphatic heterocycles. The van der Waals surface area contributed by atoms with Gasteiger partial charge in [0.1, 0.15) is 24.1 Å². The molecule has 1 aliphatic rings. The highest BCUT2D eigenvalue weighted by Crippen LogP contribution is 2.33. The maximum absolute atomic E-state index is 9.73. The zero-order chi connectivity index (χ0) is 12.7. The topological polar surface area (TPSA) is 106 Å². The van der Waals surface area contributed by atoms with E-state index in [1.807, 2.05) is 12.1 Å². The van der Waals surface area contributed by atoms with E-state index in [0.29, 0.717) is 17.8 Å². The Morgan fingerprint density at radius 2 is 2.33 bits per heavy atom. The first kappa shape index (κ1) is 11.4. The number of aliphatic hydroxyl groups is 2. The Morgan fingerprint density at radius 3 is 3.06 bits per heavy atom. The summed E-state index contributed by atoms with van der Waals surface area (Å²) in [7, 11) is 0. The molecule has 0 radical (unpaired) electrons. The van der Waals surface area contributed by atoms with Crippen molar-refractivity contribution in [2.24, 2.45) is 0 Å². The molecule has 0 bridgehead atoms. The lowest BCUT2D eigenvalue weighted by molar-refractivity contribution is -0.0239. The summed E-state index contributed by atoms with van der Waals surface area (Å²) < 4.78 is 7.25. The van der Waals surface area contributed by atoms with Gasteiger partial charge in [0.2, 0.25) is 0 Å². The molecular formula is C11H14N4O3. The van der Waals surface area contributed by atoms with E-state index in [-0.39, 0.29) is 12.7 Å². The smallest absolute Gasteiger partial charge is 0.151 e. The first-order valence-corrected chi connectivity index (χ1v) is 5.73. The van der Waals surface area contributed by atoms with Crippen molar-refractivity contribution in [3.63, 3.8) is 0 Å². The van der Waals surface area contributed by atoms with Crippen LogP contribution in [0.15, 0.2) is 18.5 Å². The summed E-state index contributed by atoms with van der Waals surface area (Å²) in [4.78, 5) is 3.91. The Bertz CT molecular complexity index is 570. The molecule has 0 saturated carbocycles. The second-order valence-electron chi connectivity index (χ2n) is 4.35. The minimum absolute atomic E-state index is 0.196. The summed E-state index contributed by atoms with van der Waals surface area (Å²) in [6.45, 7) is -0.196. The number of nitrogens with zero attached hydrogens (tertiary/aromatic N) is 3. The molecule has 1 saturated heterocycles. The molecule has 7 heteroatoms. The van der Waals surface area contributed by atoms with Crippen molar-refractivity contribution in [3.05, 3.63) is 24.2 Å². The number of ether oxygens (including phenoxy) is 1. The van der Waals surface area contributed by atoms with Gasteiger partial charge in [0.05, 0.1) is 18.4 Å². The number of aromatic nitrogens is 3. The van der Waals surface area contributed by atoms with E-state index >= 15 is 0 Å². The summed E-state index contributed by atoms with van der Waals surface area (Å²) in [5, 5.41) is 22.9. The normalized spacial score (nSPS) is 28.0. The molecule has 3 heterocycles. The van der Waals surface area contributed by atoms with Gasteiger partial charge in [-0.3, -0.25) is 0 Å². The predicted molar refractivity (Wildman–Crippen MR) is 62.7 cm³/mol. The van der Waals surface area contributed by atoms with E-state index < -0.39 is 12.2 Å². The van der Waals surface area contributed by atoms with Gasteiger partial charge in [-0.15, -0.1) is 0 Å². The quantitative estimate of drug-likeness (QED) is 0.663. The first-order valence-electron chi connectivity index (χ1n) is 5.73. The lowest BCUT2D eigenvalue weighted by atomic mass is 10.1. The van der Waals surface area contributed by atoms with Crippen molar-refractivity contribution in [2.75, 3.05) is 12.3 Å². The molecule has 18 heavy (non-hydrogen) atoms. The standard InChI is InChI=1S/C11H14N4O3/c12-11-7-2-1-6(15(7)14-5-13-11)9-3-8(17)10(4-16)18-9/h1-2,5,8-10,16-17H,3-4H2,(H2,12,13,14)/t8-,9?,10?/m0/s1. The fraction of sp³-hybridized carbons (Fsp3) is 0.455. The number of anilines is 1. The minimum atomic E-state index is -0.662. The van der Waals surface area contributed by atoms with Crippen LogP contribution in [0.2, 0.25) is 0 Å². The summed E-state index contributed by atoms with van der Waals surface area (Å²) in [6.07, 6.45) is 0.306. The molecule has 0 amide bonds. The molecule has 3 atom stereocenters. The van der Waals surface area contributed by atoms with Crippen molar-refractivity contribution < 1.29 is 14.9 Å². The third kappa shape index (κ3) is 1.64. The molecule has 2 aromatic heterocycles. The van der Waals surface area contributed by atoms with Crippen molar-refractivity contribution >= 4 is 11.3 Å². The molecule has 4 N–H and O–H groups in total. The maximum Gasteiger partial charge on any atom is 0.151 e. The van der Waals surface area contributed by atoms with Crippen LogP contribution in [0.4, 0.5) is 5.82 Å². The highest BCUT2D eigenvalue weighted by Gasteiger charge is 2.35. The number of hydrogen-bond donors (Lipinski definition) is 3. The Kier molecular flexibility index (Phi) is 2.66. The van der Waals surface area contributed by atoms with Crippen LogP contribution in [-0.4, -0.2) is 43.6 Å². The van der Waals surface area contributed by atoms with Gasteiger partial charge in [-0.2, -0.15) is 5.10 Å². The summed E-state index contributed by atoms with van der Waals surface area (Å²) in [5.74, 6) is 0.397. The lowest BCUT2D eigenvalue weighted by Gasteiger charge is -2.11. The second kappa shape index (κ2) is 4.20. The van der Waals surface area contributed by atoms with Gasteiger partial charge in [0, 0.05) is 6.42 Å². The van der Waals surface area contributed by atoms with Crippen LogP contribution >= 0.6 is 0 Å². The van der Waals surface area contributed by atoms with Gasteiger partial charge in [0.15, 0.2) is 5.82 Å². The van der Waals surface area contributed by atoms with Crippen molar-refractivity contribution in [1.29, 1.82) is 0 Å². The van der Waals surface area contributed by atoms with E-state index in [1.165, 1.54) is 6.33 Å². The Balaban J connectivity index is 1.99. The maximum atomic E-state index is 9.73. The lowest BCUT2D eigenvalue weighted by Crippen LogP contribution is -2.24. The SMILES string of the molecule is Nc1ncnn2c(C3C[C@H](O)C(CO)O3)ccc12. The zero-order valence-electron chi connectivity index (χ0n) is 9.60. The largest absolute Gasteiger partial charge is 0.394 e. The molecule has 0 aromatic carbocycles. The van der Waals surface area contributed by atoms with Crippen LogP contribution in [0.1, 0.15) is 18.2 Å². The zero-order valence-corrected chi connectivity index (χ0v) is 9.60. The average molecular weight is 250 g/mol. The van der Waals surface area contributed by atoms with Gasteiger partial charge in [-0.05, 0) is 12.1 Å². The first-order chi connectivity index (χ1) is 8.70. The second-order valence-corrected chi connectivity index (χ2v) is 4.35. The minimum Gasteiger partial charge on any atom is -0.394 e. The van der Waals surface area contributed by atoms with E-state index in [0.717, 1.165) is 5.69 Å². The summed E-state index contributed by atoms with van der Waals surface area (Å²) >= 11 is 0. The molecule has 2 unspecified atom stereocenters. The monoisotopic (exact) mass is 250 g/mol. The van der Waals surface area contributed by atoms with Gasteiger partial charge in [0.25, 0.3) is 0 Å². The van der Waals surface area contributed by atoms with Crippen molar-refractivity contribution in [3.8, 4) is 0 Å². The fourth-order valence-corrected chi connectivity index (χ4v) is 2.30. The molecule has 0 spiro atoms. The number of nitrogens with two attached hydrogens (primary N) is 1. The number of hydrogen-bond acceptors (Lipinski definition) is 6. The molecule has 2 aromatic rings. The van der Waals surface area contributed by atoms with E-state index in [1.54, 1.807) is 4.52 Å². The molecule has 7 nitrogen and oxygen atoms in total. The van der Waals surface area contributed by atoms with Crippen LogP contribution in [0, 0.1) is 0 Å². The molecule has 3 rings (SSSR count). The Hall–Kier alpha value is -1.70. The van der Waals surface area contributed by atoms with Gasteiger partial charge in [-0.25, -0.2) is 9.50 Å². The Labute approximate surface area is 103 Å². The van der Waals surface area contributed by atoms with Crippen molar-refractivity contribution in [2.45, 2.75) is 24.7 Å².